The lowest BCUT2D eigenvalue weighted by molar-refractivity contribution is -0.116. The molecule has 0 aliphatic carbocycles. The van der Waals surface area contributed by atoms with Crippen LogP contribution in [0.3, 0.4) is 0 Å². The van der Waals surface area contributed by atoms with Crippen molar-refractivity contribution in [3.63, 3.8) is 0 Å². The number of carbonyl (C=O) groups is 2. The first-order valence-corrected chi connectivity index (χ1v) is 11.4. The summed E-state index contributed by atoms with van der Waals surface area (Å²) in [6.07, 6.45) is 1.35. The Morgan fingerprint density at radius 3 is 2.44 bits per heavy atom. The van der Waals surface area contributed by atoms with Crippen molar-refractivity contribution in [3.8, 4) is 5.75 Å². The van der Waals surface area contributed by atoms with Gasteiger partial charge in [-0.3, -0.25) is 9.59 Å². The van der Waals surface area contributed by atoms with Gasteiger partial charge in [-0.1, -0.05) is 30.3 Å². The lowest BCUT2D eigenvalue weighted by atomic mass is 10.2. The minimum atomic E-state index is -0.133. The molecule has 0 atom stereocenters. The van der Waals surface area contributed by atoms with Gasteiger partial charge in [0.25, 0.3) is 5.91 Å². The molecule has 4 aromatic rings. The minimum absolute atomic E-state index is 0.0937. The van der Waals surface area contributed by atoms with Crippen LogP contribution in [-0.4, -0.2) is 34.5 Å². The Kier molecular flexibility index (Phi) is 7.55. The van der Waals surface area contributed by atoms with Crippen molar-refractivity contribution in [2.45, 2.75) is 26.3 Å². The number of ether oxygens (including phenoxy) is 1. The first-order valence-electron chi connectivity index (χ1n) is 11.4. The maximum atomic E-state index is 12.8. The molecule has 174 valence electrons. The van der Waals surface area contributed by atoms with Gasteiger partial charge in [0.1, 0.15) is 18.1 Å². The Labute approximate surface area is 198 Å². The average Bonchev–Trinajstić information content (AvgIpc) is 3.20. The van der Waals surface area contributed by atoms with E-state index in [-0.39, 0.29) is 18.4 Å². The van der Waals surface area contributed by atoms with E-state index < -0.39 is 0 Å². The zero-order valence-corrected chi connectivity index (χ0v) is 19.2. The molecule has 0 saturated heterocycles. The number of nitrogens with zero attached hydrogens (tertiary/aromatic N) is 2. The fourth-order valence-electron chi connectivity index (χ4n) is 3.78. The molecule has 0 radical (unpaired) electrons. The Hall–Kier alpha value is -4.13. The molecule has 0 fully saturated rings. The number of aryl methyl sites for hydroxylation is 1. The number of carbonyl (C=O) groups excluding carboxylic acids is 2. The highest BCUT2D eigenvalue weighted by molar-refractivity contribution is 5.94. The number of amides is 2. The Morgan fingerprint density at radius 1 is 0.941 bits per heavy atom. The van der Waals surface area contributed by atoms with Crippen LogP contribution in [0.1, 0.15) is 29.5 Å². The average molecular weight is 457 g/mol. The lowest BCUT2D eigenvalue weighted by Gasteiger charge is -2.11. The fraction of sp³-hybridized carbons (Fsp3) is 0.222. The van der Waals surface area contributed by atoms with Gasteiger partial charge in [-0.15, -0.1) is 0 Å². The fourth-order valence-corrected chi connectivity index (χ4v) is 3.78. The van der Waals surface area contributed by atoms with Crippen LogP contribution in [0.4, 0.5) is 5.69 Å². The summed E-state index contributed by atoms with van der Waals surface area (Å²) in [6.45, 7) is 3.20. The van der Waals surface area contributed by atoms with E-state index in [4.69, 9.17) is 9.72 Å². The number of aromatic nitrogens is 2. The summed E-state index contributed by atoms with van der Waals surface area (Å²) < 4.78 is 7.39. The molecule has 1 aromatic heterocycles. The Bertz CT molecular complexity index is 1250. The summed E-state index contributed by atoms with van der Waals surface area (Å²) in [5.41, 5.74) is 3.11. The SMILES string of the molecule is CCOc1ccc(NC(=O)Cn2c(CCCNC(=O)c3ccccc3)nc3ccccc32)cc1. The van der Waals surface area contributed by atoms with Gasteiger partial charge in [0.15, 0.2) is 0 Å². The number of rotatable bonds is 10. The van der Waals surface area contributed by atoms with E-state index in [1.165, 1.54) is 0 Å². The number of benzene rings is 3. The summed E-state index contributed by atoms with van der Waals surface area (Å²) in [6, 6.07) is 24.2. The number of hydrogen-bond acceptors (Lipinski definition) is 4. The molecular formula is C27H28N4O3. The molecule has 7 nitrogen and oxygen atoms in total. The minimum Gasteiger partial charge on any atom is -0.494 e. The smallest absolute Gasteiger partial charge is 0.251 e. The van der Waals surface area contributed by atoms with E-state index in [1.807, 2.05) is 78.2 Å². The van der Waals surface area contributed by atoms with Crippen LogP contribution < -0.4 is 15.4 Å². The van der Waals surface area contributed by atoms with Crippen LogP contribution in [-0.2, 0) is 17.8 Å². The third-order valence-corrected chi connectivity index (χ3v) is 5.38. The van der Waals surface area contributed by atoms with Gasteiger partial charge in [-0.05, 0) is 61.9 Å². The van der Waals surface area contributed by atoms with Crippen LogP contribution in [0.25, 0.3) is 11.0 Å². The predicted octanol–water partition coefficient (Wildman–Crippen LogP) is 4.44. The van der Waals surface area contributed by atoms with Gasteiger partial charge >= 0.3 is 0 Å². The second-order valence-corrected chi connectivity index (χ2v) is 7.83. The summed E-state index contributed by atoms with van der Waals surface area (Å²) in [4.78, 5) is 29.8. The van der Waals surface area contributed by atoms with E-state index in [1.54, 1.807) is 12.1 Å². The monoisotopic (exact) mass is 456 g/mol. The van der Waals surface area contributed by atoms with Gasteiger partial charge in [-0.2, -0.15) is 0 Å². The maximum Gasteiger partial charge on any atom is 0.251 e. The van der Waals surface area contributed by atoms with E-state index in [9.17, 15) is 9.59 Å². The van der Waals surface area contributed by atoms with Crippen molar-refractivity contribution in [2.75, 3.05) is 18.5 Å². The van der Waals surface area contributed by atoms with Crippen molar-refractivity contribution < 1.29 is 14.3 Å². The maximum absolute atomic E-state index is 12.8. The molecule has 2 N–H and O–H groups in total. The van der Waals surface area contributed by atoms with Crippen LogP contribution in [0.5, 0.6) is 5.75 Å². The first-order chi connectivity index (χ1) is 16.6. The third kappa shape index (κ3) is 5.81. The summed E-state index contributed by atoms with van der Waals surface area (Å²) in [5.74, 6) is 1.36. The van der Waals surface area contributed by atoms with E-state index in [0.29, 0.717) is 37.2 Å². The summed E-state index contributed by atoms with van der Waals surface area (Å²) >= 11 is 0. The Morgan fingerprint density at radius 2 is 1.68 bits per heavy atom. The highest BCUT2D eigenvalue weighted by Gasteiger charge is 2.14. The first kappa shape index (κ1) is 23.0. The van der Waals surface area contributed by atoms with Gasteiger partial charge in [0, 0.05) is 24.2 Å². The summed E-state index contributed by atoms with van der Waals surface area (Å²) in [5, 5.41) is 5.89. The van der Waals surface area contributed by atoms with Crippen molar-refractivity contribution in [1.29, 1.82) is 0 Å². The molecule has 0 bridgehead atoms. The summed E-state index contributed by atoms with van der Waals surface area (Å²) in [7, 11) is 0. The van der Waals surface area contributed by atoms with E-state index in [0.717, 1.165) is 22.6 Å². The standard InChI is InChI=1S/C27H28N4O3/c1-2-34-22-16-14-21(15-17-22)29-26(32)19-31-24-12-7-6-11-23(24)30-25(31)13-8-18-28-27(33)20-9-4-3-5-10-20/h3-7,9-12,14-17H,2,8,13,18-19H2,1H3,(H,28,33)(H,29,32). The van der Waals surface area contributed by atoms with Gasteiger partial charge in [0.2, 0.25) is 5.91 Å². The van der Waals surface area contributed by atoms with Crippen LogP contribution >= 0.6 is 0 Å². The molecule has 0 spiro atoms. The van der Waals surface area contributed by atoms with Crippen molar-refractivity contribution >= 4 is 28.5 Å². The molecular weight excluding hydrogens is 428 g/mol. The van der Waals surface area contributed by atoms with Crippen molar-refractivity contribution in [1.82, 2.24) is 14.9 Å². The van der Waals surface area contributed by atoms with Gasteiger partial charge in [0.05, 0.1) is 17.6 Å². The number of nitrogens with one attached hydrogen (secondary N) is 2. The lowest BCUT2D eigenvalue weighted by Crippen LogP contribution is -2.25. The van der Waals surface area contributed by atoms with Crippen molar-refractivity contribution in [3.05, 3.63) is 90.3 Å². The third-order valence-electron chi connectivity index (χ3n) is 5.38. The second kappa shape index (κ2) is 11.1. The molecule has 0 aliphatic heterocycles. The van der Waals surface area contributed by atoms with Crippen LogP contribution in [0.15, 0.2) is 78.9 Å². The van der Waals surface area contributed by atoms with Gasteiger partial charge in [-0.25, -0.2) is 4.98 Å². The zero-order chi connectivity index (χ0) is 23.8. The molecule has 34 heavy (non-hydrogen) atoms. The molecule has 4 rings (SSSR count). The number of hydrogen-bond donors (Lipinski definition) is 2. The van der Waals surface area contributed by atoms with Crippen molar-refractivity contribution in [2.24, 2.45) is 0 Å². The van der Waals surface area contributed by atoms with Gasteiger partial charge < -0.3 is 19.9 Å². The number of para-hydroxylation sites is 2. The molecule has 7 heteroatoms. The molecule has 3 aromatic carbocycles. The molecule has 0 aliphatic rings. The number of anilines is 1. The van der Waals surface area contributed by atoms with Crippen LogP contribution in [0, 0.1) is 0 Å². The number of fused-ring (bicyclic) bond motifs is 1. The normalized spacial score (nSPS) is 10.7. The molecule has 1 heterocycles. The molecule has 0 saturated carbocycles. The predicted molar refractivity (Wildman–Crippen MR) is 133 cm³/mol. The molecule has 2 amide bonds. The topological polar surface area (TPSA) is 85.2 Å². The highest BCUT2D eigenvalue weighted by atomic mass is 16.5. The quantitative estimate of drug-likeness (QED) is 0.346. The molecule has 0 unspecified atom stereocenters. The largest absolute Gasteiger partial charge is 0.494 e. The zero-order valence-electron chi connectivity index (χ0n) is 19.2. The second-order valence-electron chi connectivity index (χ2n) is 7.83. The Balaban J connectivity index is 1.39. The van der Waals surface area contributed by atoms with Crippen LogP contribution in [0.2, 0.25) is 0 Å². The van der Waals surface area contributed by atoms with E-state index >= 15 is 0 Å². The number of imidazole rings is 1. The highest BCUT2D eigenvalue weighted by Crippen LogP contribution is 2.19. The van der Waals surface area contributed by atoms with E-state index in [2.05, 4.69) is 10.6 Å².